The minimum absolute atomic E-state index is 0.135. The molecule has 0 radical (unpaired) electrons. The molecule has 3 rings (SSSR count). The lowest BCUT2D eigenvalue weighted by atomic mass is 10.1. The number of rotatable bonds is 8. The van der Waals surface area contributed by atoms with Gasteiger partial charge in [0.05, 0.1) is 11.1 Å². The normalized spacial score (nSPS) is 10.7. The number of methoxy groups -OCH3 is 1. The molecule has 0 aliphatic rings. The fourth-order valence-corrected chi connectivity index (χ4v) is 2.66. The summed E-state index contributed by atoms with van der Waals surface area (Å²) < 4.78 is 10.8. The van der Waals surface area contributed by atoms with Gasteiger partial charge in [-0.15, -0.1) is 0 Å². The van der Waals surface area contributed by atoms with Gasteiger partial charge in [0.1, 0.15) is 6.61 Å². The molecule has 1 heterocycles. The number of benzene rings is 2. The molecule has 0 atom stereocenters. The molecule has 26 heavy (non-hydrogen) atoms. The van der Waals surface area contributed by atoms with Crippen LogP contribution in [0.15, 0.2) is 60.7 Å². The third kappa shape index (κ3) is 4.58. The molecular weight excluding hydrogens is 328 g/mol. The molecule has 0 spiro atoms. The third-order valence-electron chi connectivity index (χ3n) is 3.98. The number of para-hydroxylation sites is 1. The molecule has 1 amide bonds. The van der Waals surface area contributed by atoms with E-state index in [-0.39, 0.29) is 5.91 Å². The van der Waals surface area contributed by atoms with Gasteiger partial charge in [0.15, 0.2) is 0 Å². The van der Waals surface area contributed by atoms with Crippen molar-refractivity contribution >= 4 is 16.8 Å². The predicted molar refractivity (Wildman–Crippen MR) is 101 cm³/mol. The summed E-state index contributed by atoms with van der Waals surface area (Å²) in [4.78, 5) is 17.1. The number of aromatic nitrogens is 1. The number of ether oxygens (including phenoxy) is 2. The maximum Gasteiger partial charge on any atom is 0.252 e. The molecule has 2 aromatic carbocycles. The summed E-state index contributed by atoms with van der Waals surface area (Å²) in [5.41, 5.74) is 2.35. The quantitative estimate of drug-likeness (QED) is 0.631. The summed E-state index contributed by atoms with van der Waals surface area (Å²) in [5.74, 6) is 0.304. The number of pyridine rings is 1. The molecule has 3 aromatic rings. The Kier molecular flexibility index (Phi) is 6.17. The summed E-state index contributed by atoms with van der Waals surface area (Å²) in [7, 11) is 1.65. The lowest BCUT2D eigenvalue weighted by Gasteiger charge is -2.11. The zero-order valence-electron chi connectivity index (χ0n) is 14.8. The maximum atomic E-state index is 12.6. The van der Waals surface area contributed by atoms with E-state index in [1.54, 1.807) is 13.2 Å². The van der Waals surface area contributed by atoms with Crippen molar-refractivity contribution < 1.29 is 14.3 Å². The SMILES string of the molecule is COCCCNC(=O)c1cc(OCc2ccccc2)nc2ccccc12. The highest BCUT2D eigenvalue weighted by Crippen LogP contribution is 2.22. The summed E-state index contributed by atoms with van der Waals surface area (Å²) >= 11 is 0. The van der Waals surface area contributed by atoms with Gasteiger partial charge in [0.2, 0.25) is 5.88 Å². The van der Waals surface area contributed by atoms with Gasteiger partial charge in [-0.2, -0.15) is 0 Å². The highest BCUT2D eigenvalue weighted by atomic mass is 16.5. The largest absolute Gasteiger partial charge is 0.473 e. The average Bonchev–Trinajstić information content (AvgIpc) is 2.69. The van der Waals surface area contributed by atoms with Crippen molar-refractivity contribution in [1.29, 1.82) is 0 Å². The number of nitrogens with zero attached hydrogens (tertiary/aromatic N) is 1. The van der Waals surface area contributed by atoms with Gasteiger partial charge in [-0.25, -0.2) is 4.98 Å². The van der Waals surface area contributed by atoms with E-state index >= 15 is 0 Å². The smallest absolute Gasteiger partial charge is 0.252 e. The average molecular weight is 350 g/mol. The summed E-state index contributed by atoms with van der Waals surface area (Å²) in [6, 6.07) is 19.2. The zero-order chi connectivity index (χ0) is 18.2. The number of fused-ring (bicyclic) bond motifs is 1. The van der Waals surface area contributed by atoms with Crippen LogP contribution in [0, 0.1) is 0 Å². The topological polar surface area (TPSA) is 60.5 Å². The Bertz CT molecular complexity index is 866. The van der Waals surface area contributed by atoms with E-state index in [2.05, 4.69) is 10.3 Å². The Morgan fingerprint density at radius 3 is 2.65 bits per heavy atom. The summed E-state index contributed by atoms with van der Waals surface area (Å²) in [6.07, 6.45) is 0.766. The van der Waals surface area contributed by atoms with Crippen LogP contribution in [0.1, 0.15) is 22.3 Å². The van der Waals surface area contributed by atoms with Crippen LogP contribution in [-0.2, 0) is 11.3 Å². The first-order valence-electron chi connectivity index (χ1n) is 8.61. The van der Waals surface area contributed by atoms with Crippen LogP contribution in [-0.4, -0.2) is 31.2 Å². The zero-order valence-corrected chi connectivity index (χ0v) is 14.8. The molecular formula is C21H22N2O3. The van der Waals surface area contributed by atoms with Gasteiger partial charge in [0.25, 0.3) is 5.91 Å². The lowest BCUT2D eigenvalue weighted by Crippen LogP contribution is -2.25. The van der Waals surface area contributed by atoms with Crippen molar-refractivity contribution in [3.05, 3.63) is 71.8 Å². The second kappa shape index (κ2) is 8.97. The Morgan fingerprint density at radius 1 is 1.08 bits per heavy atom. The predicted octanol–water partition coefficient (Wildman–Crippen LogP) is 3.58. The third-order valence-corrected chi connectivity index (χ3v) is 3.98. The van der Waals surface area contributed by atoms with Gasteiger partial charge in [-0.05, 0) is 18.1 Å². The van der Waals surface area contributed by atoms with Crippen molar-refractivity contribution in [3.8, 4) is 5.88 Å². The first-order chi connectivity index (χ1) is 12.8. The van der Waals surface area contributed by atoms with Gasteiger partial charge >= 0.3 is 0 Å². The van der Waals surface area contributed by atoms with Crippen LogP contribution in [0.3, 0.4) is 0 Å². The van der Waals surface area contributed by atoms with Crippen molar-refractivity contribution in [3.63, 3.8) is 0 Å². The van der Waals surface area contributed by atoms with Crippen LogP contribution in [0.25, 0.3) is 10.9 Å². The fraction of sp³-hybridized carbons (Fsp3) is 0.238. The van der Waals surface area contributed by atoms with Crippen molar-refractivity contribution in [2.45, 2.75) is 13.0 Å². The van der Waals surface area contributed by atoms with Crippen molar-refractivity contribution in [2.75, 3.05) is 20.3 Å². The van der Waals surface area contributed by atoms with E-state index in [1.165, 1.54) is 0 Å². The maximum absolute atomic E-state index is 12.6. The standard InChI is InChI=1S/C21H22N2O3/c1-25-13-7-12-22-21(24)18-14-20(23-19-11-6-5-10-17(18)19)26-15-16-8-3-2-4-9-16/h2-6,8-11,14H,7,12-13,15H2,1H3,(H,22,24). The highest BCUT2D eigenvalue weighted by Gasteiger charge is 2.13. The van der Waals surface area contributed by atoms with E-state index in [0.29, 0.717) is 31.2 Å². The Morgan fingerprint density at radius 2 is 1.85 bits per heavy atom. The minimum Gasteiger partial charge on any atom is -0.473 e. The molecule has 0 fully saturated rings. The molecule has 1 N–H and O–H groups in total. The summed E-state index contributed by atoms with van der Waals surface area (Å²) in [6.45, 7) is 1.58. The van der Waals surface area contributed by atoms with Crippen LogP contribution >= 0.6 is 0 Å². The fourth-order valence-electron chi connectivity index (χ4n) is 2.66. The van der Waals surface area contributed by atoms with E-state index in [9.17, 15) is 4.79 Å². The van der Waals surface area contributed by atoms with Gasteiger partial charge in [0, 0.05) is 31.7 Å². The van der Waals surface area contributed by atoms with Crippen LogP contribution < -0.4 is 10.1 Å². The molecule has 5 nitrogen and oxygen atoms in total. The Balaban J connectivity index is 1.80. The van der Waals surface area contributed by atoms with Crippen molar-refractivity contribution in [1.82, 2.24) is 10.3 Å². The number of hydrogen-bond donors (Lipinski definition) is 1. The molecule has 5 heteroatoms. The van der Waals surface area contributed by atoms with E-state index in [1.807, 2.05) is 54.6 Å². The molecule has 0 saturated heterocycles. The summed E-state index contributed by atoms with van der Waals surface area (Å²) in [5, 5.41) is 3.73. The molecule has 134 valence electrons. The Hall–Kier alpha value is -2.92. The van der Waals surface area contributed by atoms with E-state index in [4.69, 9.17) is 9.47 Å². The number of hydrogen-bond acceptors (Lipinski definition) is 4. The minimum atomic E-state index is -0.135. The first-order valence-corrected chi connectivity index (χ1v) is 8.61. The molecule has 0 bridgehead atoms. The second-order valence-corrected chi connectivity index (χ2v) is 5.90. The van der Waals surface area contributed by atoms with Crippen LogP contribution in [0.2, 0.25) is 0 Å². The monoisotopic (exact) mass is 350 g/mol. The molecule has 1 aromatic heterocycles. The molecule has 0 unspecified atom stereocenters. The second-order valence-electron chi connectivity index (χ2n) is 5.90. The first kappa shape index (κ1) is 17.9. The van der Waals surface area contributed by atoms with Gasteiger partial charge in [-0.3, -0.25) is 4.79 Å². The van der Waals surface area contributed by atoms with E-state index in [0.717, 1.165) is 22.9 Å². The van der Waals surface area contributed by atoms with Crippen molar-refractivity contribution in [2.24, 2.45) is 0 Å². The van der Waals surface area contributed by atoms with E-state index < -0.39 is 0 Å². The number of amides is 1. The number of carbonyl (C=O) groups excluding carboxylic acids is 1. The lowest BCUT2D eigenvalue weighted by molar-refractivity contribution is 0.0949. The highest BCUT2D eigenvalue weighted by molar-refractivity contribution is 6.06. The van der Waals surface area contributed by atoms with Crippen LogP contribution in [0.5, 0.6) is 5.88 Å². The van der Waals surface area contributed by atoms with Crippen LogP contribution in [0.4, 0.5) is 0 Å². The Labute approximate surface area is 153 Å². The number of carbonyl (C=O) groups is 1. The molecule has 0 aliphatic heterocycles. The molecule has 0 aliphatic carbocycles. The number of nitrogens with one attached hydrogen (secondary N) is 1. The van der Waals surface area contributed by atoms with Gasteiger partial charge in [-0.1, -0.05) is 48.5 Å². The molecule has 0 saturated carbocycles. The van der Waals surface area contributed by atoms with Gasteiger partial charge < -0.3 is 14.8 Å².